The molecule has 0 amide bonds. The topological polar surface area (TPSA) is 20.7 Å². The van der Waals surface area contributed by atoms with Crippen molar-refractivity contribution < 1.29 is 0 Å². The molecule has 3 aromatic heterocycles. The fourth-order valence-corrected chi connectivity index (χ4v) is 4.55. The number of fused-ring (bicyclic) bond motifs is 2. The van der Waals surface area contributed by atoms with E-state index in [1.54, 1.807) is 11.3 Å². The second-order valence-corrected chi connectivity index (χ2v) is 7.15. The molecule has 0 radical (unpaired) electrons. The van der Waals surface area contributed by atoms with Gasteiger partial charge in [0.1, 0.15) is 4.83 Å². The van der Waals surface area contributed by atoms with E-state index in [2.05, 4.69) is 78.2 Å². The van der Waals surface area contributed by atoms with E-state index in [4.69, 9.17) is 0 Å². The van der Waals surface area contributed by atoms with Gasteiger partial charge < -0.3 is 9.55 Å². The number of aryl methyl sites for hydroxylation is 2. The highest BCUT2D eigenvalue weighted by Crippen LogP contribution is 2.37. The van der Waals surface area contributed by atoms with Crippen LogP contribution in [0.15, 0.2) is 47.9 Å². The van der Waals surface area contributed by atoms with Crippen LogP contribution in [0.25, 0.3) is 26.7 Å². The molecule has 1 N–H and O–H groups in total. The molecule has 0 saturated heterocycles. The molecule has 2 nitrogen and oxygen atoms in total. The molecular weight excluding hydrogens is 312 g/mol. The lowest BCUT2D eigenvalue weighted by Crippen LogP contribution is -2.03. The Labute approximate surface area is 146 Å². The SMILES string of the molecule is C/C=C(\c1c(C)[nH]c2sccc12)c1cc2ccccc2n1CCC. The van der Waals surface area contributed by atoms with Crippen molar-refractivity contribution in [1.29, 1.82) is 0 Å². The quantitative estimate of drug-likeness (QED) is 0.448. The van der Waals surface area contributed by atoms with E-state index < -0.39 is 0 Å². The largest absolute Gasteiger partial charge is 0.350 e. The van der Waals surface area contributed by atoms with Gasteiger partial charge in [-0.1, -0.05) is 31.2 Å². The lowest BCUT2D eigenvalue weighted by Gasteiger charge is -2.13. The molecule has 0 aliphatic carbocycles. The minimum absolute atomic E-state index is 1.04. The van der Waals surface area contributed by atoms with Crippen LogP contribution in [0.3, 0.4) is 0 Å². The number of rotatable bonds is 4. The second kappa shape index (κ2) is 5.99. The molecule has 122 valence electrons. The fraction of sp³-hybridized carbons (Fsp3) is 0.238. The van der Waals surface area contributed by atoms with Gasteiger partial charge in [-0.3, -0.25) is 0 Å². The number of nitrogens with zero attached hydrogens (tertiary/aromatic N) is 1. The van der Waals surface area contributed by atoms with Gasteiger partial charge in [-0.2, -0.15) is 0 Å². The third-order valence-corrected chi connectivity index (χ3v) is 5.53. The van der Waals surface area contributed by atoms with Crippen LogP contribution in [-0.2, 0) is 6.54 Å². The predicted molar refractivity (Wildman–Crippen MR) is 106 cm³/mol. The molecule has 0 spiro atoms. The first-order chi connectivity index (χ1) is 11.7. The standard InChI is InChI=1S/C21H22N2S/c1-4-11-23-18-9-7-6-8-15(18)13-19(23)16(5-2)20-14(3)22-21-17(20)10-12-24-21/h5-10,12-13,22H,4,11H2,1-3H3/b16-5-. The smallest absolute Gasteiger partial charge is 0.100 e. The summed E-state index contributed by atoms with van der Waals surface area (Å²) in [5.74, 6) is 0. The number of para-hydroxylation sites is 1. The Morgan fingerprint density at radius 3 is 2.88 bits per heavy atom. The van der Waals surface area contributed by atoms with Gasteiger partial charge in [0, 0.05) is 45.4 Å². The molecule has 0 atom stereocenters. The van der Waals surface area contributed by atoms with Crippen LogP contribution in [0, 0.1) is 6.92 Å². The van der Waals surface area contributed by atoms with E-state index in [1.807, 2.05) is 0 Å². The molecule has 0 aliphatic heterocycles. The summed E-state index contributed by atoms with van der Waals surface area (Å²) in [5, 5.41) is 4.81. The van der Waals surface area contributed by atoms with Crippen LogP contribution in [0.4, 0.5) is 0 Å². The number of aromatic nitrogens is 2. The zero-order valence-electron chi connectivity index (χ0n) is 14.4. The fourth-order valence-electron chi connectivity index (χ4n) is 3.70. The normalized spacial score (nSPS) is 12.5. The molecule has 0 bridgehead atoms. The van der Waals surface area contributed by atoms with Crippen molar-refractivity contribution >= 4 is 38.0 Å². The Balaban J connectivity index is 1.99. The molecule has 24 heavy (non-hydrogen) atoms. The van der Waals surface area contributed by atoms with Crippen LogP contribution >= 0.6 is 11.3 Å². The van der Waals surface area contributed by atoms with E-state index >= 15 is 0 Å². The van der Waals surface area contributed by atoms with Crippen LogP contribution in [0.5, 0.6) is 0 Å². The number of nitrogens with one attached hydrogen (secondary N) is 1. The summed E-state index contributed by atoms with van der Waals surface area (Å²) >= 11 is 1.78. The number of allylic oxidation sites excluding steroid dienone is 1. The van der Waals surface area contributed by atoms with Gasteiger partial charge in [-0.15, -0.1) is 11.3 Å². The number of H-pyrrole nitrogens is 1. The van der Waals surface area contributed by atoms with Crippen molar-refractivity contribution in [2.75, 3.05) is 0 Å². The zero-order valence-corrected chi connectivity index (χ0v) is 15.2. The van der Waals surface area contributed by atoms with Gasteiger partial charge in [-0.05, 0) is 43.8 Å². The molecule has 3 heteroatoms. The van der Waals surface area contributed by atoms with E-state index in [9.17, 15) is 0 Å². The van der Waals surface area contributed by atoms with Crippen molar-refractivity contribution in [3.63, 3.8) is 0 Å². The van der Waals surface area contributed by atoms with Crippen LogP contribution < -0.4 is 0 Å². The average molecular weight is 334 g/mol. The maximum Gasteiger partial charge on any atom is 0.100 e. The molecule has 0 unspecified atom stereocenters. The lowest BCUT2D eigenvalue weighted by molar-refractivity contribution is 0.696. The first-order valence-corrected chi connectivity index (χ1v) is 9.43. The maximum atomic E-state index is 3.55. The van der Waals surface area contributed by atoms with Gasteiger partial charge in [-0.25, -0.2) is 0 Å². The Morgan fingerprint density at radius 2 is 2.08 bits per heavy atom. The summed E-state index contributed by atoms with van der Waals surface area (Å²) in [5.41, 5.74) is 6.55. The molecule has 0 aliphatic rings. The predicted octanol–water partition coefficient (Wildman–Crippen LogP) is 6.35. The summed E-state index contributed by atoms with van der Waals surface area (Å²) in [6.45, 7) is 7.61. The van der Waals surface area contributed by atoms with Gasteiger partial charge in [0.25, 0.3) is 0 Å². The number of benzene rings is 1. The first-order valence-electron chi connectivity index (χ1n) is 8.55. The third kappa shape index (κ3) is 2.23. The third-order valence-electron chi connectivity index (χ3n) is 4.70. The number of hydrogen-bond acceptors (Lipinski definition) is 1. The minimum atomic E-state index is 1.04. The van der Waals surface area contributed by atoms with E-state index in [-0.39, 0.29) is 0 Å². The van der Waals surface area contributed by atoms with Crippen molar-refractivity contribution in [3.05, 3.63) is 64.8 Å². The first kappa shape index (κ1) is 15.3. The summed E-state index contributed by atoms with van der Waals surface area (Å²) < 4.78 is 2.47. The molecule has 4 aromatic rings. The second-order valence-electron chi connectivity index (χ2n) is 6.23. The Bertz CT molecular complexity index is 1040. The summed E-state index contributed by atoms with van der Waals surface area (Å²) in [4.78, 5) is 4.81. The minimum Gasteiger partial charge on any atom is -0.350 e. The Hall–Kier alpha value is -2.26. The highest BCUT2D eigenvalue weighted by atomic mass is 32.1. The van der Waals surface area contributed by atoms with Crippen LogP contribution in [0.1, 0.15) is 37.2 Å². The number of aromatic amines is 1. The Kier molecular flexibility index (Phi) is 3.81. The summed E-state index contributed by atoms with van der Waals surface area (Å²) in [6.07, 6.45) is 3.39. The molecule has 4 rings (SSSR count). The van der Waals surface area contributed by atoms with Crippen molar-refractivity contribution in [2.24, 2.45) is 0 Å². The van der Waals surface area contributed by atoms with Crippen molar-refractivity contribution in [1.82, 2.24) is 9.55 Å². The summed E-state index contributed by atoms with van der Waals surface area (Å²) in [7, 11) is 0. The molecular formula is C21H22N2S. The maximum absolute atomic E-state index is 3.55. The highest BCUT2D eigenvalue weighted by Gasteiger charge is 2.18. The van der Waals surface area contributed by atoms with E-state index in [0.29, 0.717) is 0 Å². The molecule has 0 saturated carbocycles. The number of thiophene rings is 1. The van der Waals surface area contributed by atoms with Gasteiger partial charge in [0.15, 0.2) is 0 Å². The molecule has 0 fully saturated rings. The summed E-state index contributed by atoms with van der Waals surface area (Å²) in [6, 6.07) is 13.3. The van der Waals surface area contributed by atoms with Crippen molar-refractivity contribution in [2.45, 2.75) is 33.7 Å². The van der Waals surface area contributed by atoms with Gasteiger partial charge >= 0.3 is 0 Å². The van der Waals surface area contributed by atoms with E-state index in [0.717, 1.165) is 13.0 Å². The molecule has 1 aromatic carbocycles. The van der Waals surface area contributed by atoms with Crippen LogP contribution in [0.2, 0.25) is 0 Å². The van der Waals surface area contributed by atoms with E-state index in [1.165, 1.54) is 43.6 Å². The zero-order chi connectivity index (χ0) is 16.7. The average Bonchev–Trinajstić information content (AvgIpc) is 3.24. The molecule has 3 heterocycles. The highest BCUT2D eigenvalue weighted by molar-refractivity contribution is 7.16. The van der Waals surface area contributed by atoms with Gasteiger partial charge in [0.05, 0.1) is 0 Å². The van der Waals surface area contributed by atoms with Crippen molar-refractivity contribution in [3.8, 4) is 0 Å². The monoisotopic (exact) mass is 334 g/mol. The van der Waals surface area contributed by atoms with Crippen LogP contribution in [-0.4, -0.2) is 9.55 Å². The lowest BCUT2D eigenvalue weighted by atomic mass is 10.00. The number of hydrogen-bond donors (Lipinski definition) is 1. The van der Waals surface area contributed by atoms with Gasteiger partial charge in [0.2, 0.25) is 0 Å². The Morgan fingerprint density at radius 1 is 1.25 bits per heavy atom.